The molecule has 1 atom stereocenters. The Balaban J connectivity index is 2.38. The van der Waals surface area contributed by atoms with E-state index in [1.54, 1.807) is 24.3 Å². The summed E-state index contributed by atoms with van der Waals surface area (Å²) in [6, 6.07) is 6.80. The summed E-state index contributed by atoms with van der Waals surface area (Å²) < 4.78 is 10.6. The summed E-state index contributed by atoms with van der Waals surface area (Å²) in [4.78, 5) is 11.9. The molecule has 0 aliphatic heterocycles. The summed E-state index contributed by atoms with van der Waals surface area (Å²) in [5, 5.41) is 12.9. The van der Waals surface area contributed by atoms with Crippen LogP contribution in [-0.2, 0) is 4.74 Å². The number of benzene rings is 1. The second-order valence-electron chi connectivity index (χ2n) is 6.26. The normalized spacial score (nSPS) is 12.8. The number of hydrogen-bond acceptors (Lipinski definition) is 5. The average Bonchev–Trinajstić information content (AvgIpc) is 2.48. The van der Waals surface area contributed by atoms with E-state index in [0.29, 0.717) is 18.7 Å². The molecule has 0 saturated carbocycles. The van der Waals surface area contributed by atoms with Gasteiger partial charge in [-0.25, -0.2) is 4.79 Å². The standard InChI is InChI=1S/C17H27NO4/c1-5-10-21-15-8-6-13(7-9-15)16(20)22-12-14(19)11-18-17(2,3)4/h6-9,14,18-19H,5,10-12H2,1-4H3/t14-/m1/s1. The van der Waals surface area contributed by atoms with Crippen LogP contribution in [0.3, 0.4) is 0 Å². The number of esters is 1. The van der Waals surface area contributed by atoms with Crippen molar-refractivity contribution < 1.29 is 19.4 Å². The van der Waals surface area contributed by atoms with Crippen molar-refractivity contribution in [2.45, 2.75) is 45.8 Å². The number of carbonyl (C=O) groups is 1. The van der Waals surface area contributed by atoms with E-state index in [1.165, 1.54) is 0 Å². The molecule has 0 unspecified atom stereocenters. The third-order valence-electron chi connectivity index (χ3n) is 2.84. The zero-order valence-electron chi connectivity index (χ0n) is 13.9. The van der Waals surface area contributed by atoms with Crippen LogP contribution in [0, 0.1) is 0 Å². The van der Waals surface area contributed by atoms with Crippen LogP contribution in [0.15, 0.2) is 24.3 Å². The molecule has 2 N–H and O–H groups in total. The largest absolute Gasteiger partial charge is 0.494 e. The molecule has 0 heterocycles. The lowest BCUT2D eigenvalue weighted by Crippen LogP contribution is -2.42. The fourth-order valence-electron chi connectivity index (χ4n) is 1.65. The van der Waals surface area contributed by atoms with E-state index in [1.807, 2.05) is 27.7 Å². The first-order valence-corrected chi connectivity index (χ1v) is 7.65. The molecule has 22 heavy (non-hydrogen) atoms. The van der Waals surface area contributed by atoms with Gasteiger partial charge >= 0.3 is 5.97 Å². The number of rotatable bonds is 8. The van der Waals surface area contributed by atoms with E-state index in [-0.39, 0.29) is 12.1 Å². The highest BCUT2D eigenvalue weighted by Crippen LogP contribution is 2.13. The molecule has 0 bridgehead atoms. The molecule has 0 amide bonds. The lowest BCUT2D eigenvalue weighted by molar-refractivity contribution is 0.0247. The summed E-state index contributed by atoms with van der Waals surface area (Å²) in [7, 11) is 0. The Labute approximate surface area is 132 Å². The van der Waals surface area contributed by atoms with Gasteiger partial charge in [0, 0.05) is 12.1 Å². The first-order chi connectivity index (χ1) is 10.3. The van der Waals surface area contributed by atoms with Crippen LogP contribution in [-0.4, -0.2) is 42.5 Å². The van der Waals surface area contributed by atoms with E-state index < -0.39 is 12.1 Å². The van der Waals surface area contributed by atoms with Crippen molar-refractivity contribution in [2.24, 2.45) is 0 Å². The van der Waals surface area contributed by atoms with Gasteiger partial charge in [-0.15, -0.1) is 0 Å². The van der Waals surface area contributed by atoms with Crippen molar-refractivity contribution in [2.75, 3.05) is 19.8 Å². The summed E-state index contributed by atoms with van der Waals surface area (Å²) in [6.45, 7) is 9.05. The van der Waals surface area contributed by atoms with E-state index in [9.17, 15) is 9.90 Å². The highest BCUT2D eigenvalue weighted by atomic mass is 16.5. The Morgan fingerprint density at radius 1 is 1.27 bits per heavy atom. The number of nitrogens with one attached hydrogen (secondary N) is 1. The van der Waals surface area contributed by atoms with Gasteiger partial charge in [0.25, 0.3) is 0 Å². The van der Waals surface area contributed by atoms with Gasteiger partial charge in [-0.2, -0.15) is 0 Å². The van der Waals surface area contributed by atoms with Crippen LogP contribution in [0.4, 0.5) is 0 Å². The highest BCUT2D eigenvalue weighted by Gasteiger charge is 2.14. The van der Waals surface area contributed by atoms with Gasteiger partial charge in [0.1, 0.15) is 18.5 Å². The minimum Gasteiger partial charge on any atom is -0.494 e. The van der Waals surface area contributed by atoms with Crippen molar-refractivity contribution in [3.63, 3.8) is 0 Å². The lowest BCUT2D eigenvalue weighted by atomic mass is 10.1. The summed E-state index contributed by atoms with van der Waals surface area (Å²) >= 11 is 0. The first kappa shape index (κ1) is 18.5. The van der Waals surface area contributed by atoms with Gasteiger partial charge in [-0.3, -0.25) is 0 Å². The molecule has 1 rings (SSSR count). The predicted molar refractivity (Wildman–Crippen MR) is 86.3 cm³/mol. The van der Waals surface area contributed by atoms with Crippen LogP contribution in [0.1, 0.15) is 44.5 Å². The number of aliphatic hydroxyl groups excluding tert-OH is 1. The average molecular weight is 309 g/mol. The van der Waals surface area contributed by atoms with Crippen molar-refractivity contribution in [1.29, 1.82) is 0 Å². The summed E-state index contributed by atoms with van der Waals surface area (Å²) in [5.41, 5.74) is 0.360. The number of carbonyl (C=O) groups excluding carboxylic acids is 1. The van der Waals surface area contributed by atoms with Crippen LogP contribution in [0.2, 0.25) is 0 Å². The zero-order chi connectivity index (χ0) is 16.6. The van der Waals surface area contributed by atoms with E-state index in [0.717, 1.165) is 12.2 Å². The molecular formula is C17H27NO4. The maximum absolute atomic E-state index is 11.9. The Bertz CT molecular complexity index is 451. The maximum Gasteiger partial charge on any atom is 0.338 e. The number of aliphatic hydroxyl groups is 1. The van der Waals surface area contributed by atoms with Crippen molar-refractivity contribution >= 4 is 5.97 Å². The van der Waals surface area contributed by atoms with Crippen LogP contribution in [0.5, 0.6) is 5.75 Å². The number of β-amino-alcohol motifs (C(OH)–C–C–N with tert-alkyl or cyclic N) is 1. The first-order valence-electron chi connectivity index (χ1n) is 7.65. The quantitative estimate of drug-likeness (QED) is 0.722. The predicted octanol–water partition coefficient (Wildman–Crippen LogP) is 2.38. The minimum atomic E-state index is -0.727. The van der Waals surface area contributed by atoms with E-state index in [2.05, 4.69) is 5.32 Å². The Morgan fingerprint density at radius 3 is 2.45 bits per heavy atom. The molecule has 0 aliphatic carbocycles. The zero-order valence-corrected chi connectivity index (χ0v) is 13.9. The smallest absolute Gasteiger partial charge is 0.338 e. The molecular weight excluding hydrogens is 282 g/mol. The van der Waals surface area contributed by atoms with Crippen LogP contribution >= 0.6 is 0 Å². The second-order valence-corrected chi connectivity index (χ2v) is 6.26. The maximum atomic E-state index is 11.9. The van der Waals surface area contributed by atoms with Gasteiger partial charge in [0.2, 0.25) is 0 Å². The van der Waals surface area contributed by atoms with Crippen molar-refractivity contribution in [3.8, 4) is 5.75 Å². The number of ether oxygens (including phenoxy) is 2. The Hall–Kier alpha value is -1.59. The molecule has 124 valence electrons. The molecule has 5 nitrogen and oxygen atoms in total. The van der Waals surface area contributed by atoms with Gasteiger partial charge in [0.05, 0.1) is 12.2 Å². The van der Waals surface area contributed by atoms with Crippen molar-refractivity contribution in [1.82, 2.24) is 5.32 Å². The van der Waals surface area contributed by atoms with E-state index >= 15 is 0 Å². The van der Waals surface area contributed by atoms with Gasteiger partial charge in [-0.05, 0) is 51.5 Å². The summed E-state index contributed by atoms with van der Waals surface area (Å²) in [6.07, 6.45) is 0.208. The molecule has 1 aromatic rings. The van der Waals surface area contributed by atoms with Gasteiger partial charge in [-0.1, -0.05) is 6.92 Å². The monoisotopic (exact) mass is 309 g/mol. The molecule has 5 heteroatoms. The fraction of sp³-hybridized carbons (Fsp3) is 0.588. The molecule has 0 spiro atoms. The molecule has 0 aliphatic rings. The van der Waals surface area contributed by atoms with Gasteiger partial charge < -0.3 is 19.9 Å². The SMILES string of the molecule is CCCOc1ccc(C(=O)OC[C@H](O)CNC(C)(C)C)cc1. The fourth-order valence-corrected chi connectivity index (χ4v) is 1.65. The second kappa shape index (κ2) is 8.76. The lowest BCUT2D eigenvalue weighted by Gasteiger charge is -2.22. The Morgan fingerprint density at radius 2 is 1.91 bits per heavy atom. The highest BCUT2D eigenvalue weighted by molar-refractivity contribution is 5.89. The topological polar surface area (TPSA) is 67.8 Å². The Kier molecular flexibility index (Phi) is 7.35. The molecule has 0 radical (unpaired) electrons. The van der Waals surface area contributed by atoms with E-state index in [4.69, 9.17) is 9.47 Å². The number of hydrogen-bond donors (Lipinski definition) is 2. The van der Waals surface area contributed by atoms with Crippen LogP contribution in [0.25, 0.3) is 0 Å². The van der Waals surface area contributed by atoms with Crippen molar-refractivity contribution in [3.05, 3.63) is 29.8 Å². The van der Waals surface area contributed by atoms with Gasteiger partial charge in [0.15, 0.2) is 0 Å². The molecule has 1 aromatic carbocycles. The summed E-state index contributed by atoms with van der Waals surface area (Å²) in [5.74, 6) is 0.282. The third kappa shape index (κ3) is 7.43. The third-order valence-corrected chi connectivity index (χ3v) is 2.84. The minimum absolute atomic E-state index is 0.0317. The molecule has 0 aromatic heterocycles. The molecule has 0 saturated heterocycles. The van der Waals surface area contributed by atoms with Crippen LogP contribution < -0.4 is 10.1 Å². The molecule has 0 fully saturated rings.